The van der Waals surface area contributed by atoms with Gasteiger partial charge >= 0.3 is 0 Å². The molecule has 0 bridgehead atoms. The van der Waals surface area contributed by atoms with Crippen molar-refractivity contribution in [3.8, 4) is 11.4 Å². The predicted molar refractivity (Wildman–Crippen MR) is 124 cm³/mol. The fraction of sp³-hybridized carbons (Fsp3) is 0.261. The standard InChI is InChI=1S/C23H25N5S/c1-17-7-6-8-19(15-17)16-24-27-21-18(2)23(28-11-13-29-14-12-28)26-22(25-21)20-9-4-3-5-10-20/h3-10,15-16H,11-14H2,1-2H3,(H,25,26,27)/b24-16+. The zero-order valence-corrected chi connectivity index (χ0v) is 17.6. The summed E-state index contributed by atoms with van der Waals surface area (Å²) in [5, 5.41) is 4.45. The van der Waals surface area contributed by atoms with Crippen molar-refractivity contribution >= 4 is 29.6 Å². The van der Waals surface area contributed by atoms with Crippen molar-refractivity contribution in [1.29, 1.82) is 0 Å². The number of aromatic nitrogens is 2. The maximum Gasteiger partial charge on any atom is 0.163 e. The van der Waals surface area contributed by atoms with E-state index >= 15 is 0 Å². The van der Waals surface area contributed by atoms with Crippen LogP contribution < -0.4 is 10.3 Å². The molecule has 0 amide bonds. The number of benzene rings is 2. The molecule has 3 aromatic rings. The van der Waals surface area contributed by atoms with E-state index in [0.29, 0.717) is 0 Å². The molecule has 0 atom stereocenters. The van der Waals surface area contributed by atoms with Crippen LogP contribution >= 0.6 is 11.8 Å². The van der Waals surface area contributed by atoms with Gasteiger partial charge in [-0.15, -0.1) is 0 Å². The Balaban J connectivity index is 1.67. The molecule has 0 saturated carbocycles. The van der Waals surface area contributed by atoms with Gasteiger partial charge in [-0.3, -0.25) is 5.43 Å². The molecule has 6 heteroatoms. The van der Waals surface area contributed by atoms with Gasteiger partial charge in [-0.2, -0.15) is 16.9 Å². The first kappa shape index (κ1) is 19.5. The molecule has 1 aliphatic rings. The Kier molecular flexibility index (Phi) is 6.10. The molecule has 1 fully saturated rings. The van der Waals surface area contributed by atoms with Gasteiger partial charge in [0.05, 0.1) is 6.21 Å². The van der Waals surface area contributed by atoms with Gasteiger partial charge in [0.1, 0.15) is 5.82 Å². The van der Waals surface area contributed by atoms with E-state index < -0.39 is 0 Å². The molecule has 0 aliphatic carbocycles. The molecule has 0 spiro atoms. The largest absolute Gasteiger partial charge is 0.355 e. The van der Waals surface area contributed by atoms with E-state index in [0.717, 1.165) is 58.7 Å². The van der Waals surface area contributed by atoms with Crippen LogP contribution in [0, 0.1) is 13.8 Å². The topological polar surface area (TPSA) is 53.4 Å². The number of hydrogen-bond donors (Lipinski definition) is 1. The maximum atomic E-state index is 4.92. The second-order valence-corrected chi connectivity index (χ2v) is 8.32. The maximum absolute atomic E-state index is 4.92. The quantitative estimate of drug-likeness (QED) is 0.492. The minimum Gasteiger partial charge on any atom is -0.355 e. The summed E-state index contributed by atoms with van der Waals surface area (Å²) in [5.41, 5.74) is 7.46. The van der Waals surface area contributed by atoms with Crippen molar-refractivity contribution in [3.63, 3.8) is 0 Å². The fourth-order valence-corrected chi connectivity index (χ4v) is 4.23. The molecule has 0 radical (unpaired) electrons. The summed E-state index contributed by atoms with van der Waals surface area (Å²) in [6.07, 6.45) is 1.83. The highest BCUT2D eigenvalue weighted by atomic mass is 32.2. The summed E-state index contributed by atoms with van der Waals surface area (Å²) >= 11 is 1.99. The first-order valence-electron chi connectivity index (χ1n) is 9.83. The van der Waals surface area contributed by atoms with E-state index in [4.69, 9.17) is 9.97 Å². The molecule has 1 saturated heterocycles. The number of aryl methyl sites for hydroxylation is 1. The van der Waals surface area contributed by atoms with E-state index in [9.17, 15) is 0 Å². The number of hydrazone groups is 1. The Hall–Kier alpha value is -2.86. The molecule has 2 heterocycles. The van der Waals surface area contributed by atoms with Crippen molar-refractivity contribution in [2.24, 2.45) is 5.10 Å². The van der Waals surface area contributed by atoms with Crippen LogP contribution in [-0.4, -0.2) is 40.8 Å². The van der Waals surface area contributed by atoms with Gasteiger partial charge in [0.2, 0.25) is 0 Å². The van der Waals surface area contributed by atoms with Crippen molar-refractivity contribution in [1.82, 2.24) is 9.97 Å². The van der Waals surface area contributed by atoms with Crippen LogP contribution in [0.4, 0.5) is 11.6 Å². The lowest BCUT2D eigenvalue weighted by Crippen LogP contribution is -2.34. The molecule has 148 valence electrons. The Bertz CT molecular complexity index is 997. The van der Waals surface area contributed by atoms with Crippen LogP contribution in [-0.2, 0) is 0 Å². The summed E-state index contributed by atoms with van der Waals surface area (Å²) in [5.74, 6) is 4.71. The third-order valence-electron chi connectivity index (χ3n) is 4.89. The van der Waals surface area contributed by atoms with Crippen molar-refractivity contribution in [3.05, 3.63) is 71.3 Å². The highest BCUT2D eigenvalue weighted by molar-refractivity contribution is 7.99. The third kappa shape index (κ3) is 4.77. The predicted octanol–water partition coefficient (Wildman–Crippen LogP) is 4.76. The van der Waals surface area contributed by atoms with E-state index in [1.807, 2.05) is 60.4 Å². The van der Waals surface area contributed by atoms with Gasteiger partial charge in [-0.25, -0.2) is 9.97 Å². The highest BCUT2D eigenvalue weighted by Gasteiger charge is 2.19. The van der Waals surface area contributed by atoms with E-state index in [1.54, 1.807) is 0 Å². The lowest BCUT2D eigenvalue weighted by Gasteiger charge is -2.29. The summed E-state index contributed by atoms with van der Waals surface area (Å²) in [6, 6.07) is 18.4. The third-order valence-corrected chi connectivity index (χ3v) is 5.83. The van der Waals surface area contributed by atoms with Crippen LogP contribution in [0.5, 0.6) is 0 Å². The second kappa shape index (κ2) is 9.09. The molecule has 1 N–H and O–H groups in total. The molecule has 29 heavy (non-hydrogen) atoms. The Morgan fingerprint density at radius 2 is 1.79 bits per heavy atom. The number of anilines is 2. The van der Waals surface area contributed by atoms with Gasteiger partial charge in [0.25, 0.3) is 0 Å². The van der Waals surface area contributed by atoms with Crippen molar-refractivity contribution < 1.29 is 0 Å². The minimum absolute atomic E-state index is 0.720. The summed E-state index contributed by atoms with van der Waals surface area (Å²) < 4.78 is 0. The van der Waals surface area contributed by atoms with Gasteiger partial charge in [0.15, 0.2) is 11.6 Å². The fourth-order valence-electron chi connectivity index (χ4n) is 3.33. The number of rotatable bonds is 5. The Morgan fingerprint density at radius 1 is 1.00 bits per heavy atom. The zero-order chi connectivity index (χ0) is 20.1. The smallest absolute Gasteiger partial charge is 0.163 e. The first-order chi connectivity index (χ1) is 14.2. The van der Waals surface area contributed by atoms with Gasteiger partial charge in [-0.05, 0) is 19.4 Å². The molecular formula is C23H25N5S. The lowest BCUT2D eigenvalue weighted by molar-refractivity contribution is 0.830. The van der Waals surface area contributed by atoms with Crippen molar-refractivity contribution in [2.75, 3.05) is 34.9 Å². The monoisotopic (exact) mass is 403 g/mol. The number of nitrogens with one attached hydrogen (secondary N) is 1. The van der Waals surface area contributed by atoms with Gasteiger partial charge < -0.3 is 4.90 Å². The number of thioether (sulfide) groups is 1. The van der Waals surface area contributed by atoms with Crippen LogP contribution in [0.3, 0.4) is 0 Å². The van der Waals surface area contributed by atoms with E-state index in [1.165, 1.54) is 5.56 Å². The average molecular weight is 404 g/mol. The Morgan fingerprint density at radius 3 is 2.55 bits per heavy atom. The van der Waals surface area contributed by atoms with Gasteiger partial charge in [-0.1, -0.05) is 60.2 Å². The molecular weight excluding hydrogens is 378 g/mol. The van der Waals surface area contributed by atoms with E-state index in [-0.39, 0.29) is 0 Å². The average Bonchev–Trinajstić information content (AvgIpc) is 2.76. The van der Waals surface area contributed by atoms with Crippen LogP contribution in [0.1, 0.15) is 16.7 Å². The Labute approximate surface area is 176 Å². The normalized spacial score (nSPS) is 14.3. The molecule has 0 unspecified atom stereocenters. The number of hydrogen-bond acceptors (Lipinski definition) is 6. The SMILES string of the molecule is Cc1cccc(/C=N/Nc2nc(-c3ccccc3)nc(N3CCSCC3)c2C)c1. The highest BCUT2D eigenvalue weighted by Crippen LogP contribution is 2.29. The molecule has 2 aromatic carbocycles. The molecule has 4 rings (SSSR count). The van der Waals surface area contributed by atoms with Crippen LogP contribution in [0.15, 0.2) is 59.7 Å². The zero-order valence-electron chi connectivity index (χ0n) is 16.8. The minimum atomic E-state index is 0.720. The number of nitrogens with zero attached hydrogens (tertiary/aromatic N) is 4. The molecule has 1 aromatic heterocycles. The van der Waals surface area contributed by atoms with Crippen LogP contribution in [0.2, 0.25) is 0 Å². The van der Waals surface area contributed by atoms with Gasteiger partial charge in [0, 0.05) is 35.7 Å². The molecule has 1 aliphatic heterocycles. The summed E-state index contributed by atoms with van der Waals surface area (Å²) in [7, 11) is 0. The second-order valence-electron chi connectivity index (χ2n) is 7.09. The first-order valence-corrected chi connectivity index (χ1v) is 11.0. The molecule has 5 nitrogen and oxygen atoms in total. The van der Waals surface area contributed by atoms with E-state index in [2.05, 4.69) is 41.4 Å². The lowest BCUT2D eigenvalue weighted by atomic mass is 10.2. The summed E-state index contributed by atoms with van der Waals surface area (Å²) in [6.45, 7) is 6.15. The summed E-state index contributed by atoms with van der Waals surface area (Å²) in [4.78, 5) is 12.1. The van der Waals surface area contributed by atoms with Crippen LogP contribution in [0.25, 0.3) is 11.4 Å². The van der Waals surface area contributed by atoms with Crippen molar-refractivity contribution in [2.45, 2.75) is 13.8 Å².